The van der Waals surface area contributed by atoms with Crippen LogP contribution in [0.5, 0.6) is 5.75 Å². The molecule has 0 bridgehead atoms. The minimum atomic E-state index is -1.12. The number of carbonyl (C=O) groups is 1. The first kappa shape index (κ1) is 21.4. The van der Waals surface area contributed by atoms with Gasteiger partial charge in [-0.05, 0) is 30.3 Å². The lowest BCUT2D eigenvalue weighted by Crippen LogP contribution is -2.33. The molecule has 1 fully saturated rings. The molecule has 1 aromatic carbocycles. The maximum absolute atomic E-state index is 13.3. The average molecular weight is 453 g/mol. The van der Waals surface area contributed by atoms with Crippen LogP contribution in [-0.2, 0) is 9.53 Å². The number of alkyl halides is 1. The predicted molar refractivity (Wildman–Crippen MR) is 119 cm³/mol. The third kappa shape index (κ3) is 3.81. The second-order valence-electron chi connectivity index (χ2n) is 7.96. The lowest BCUT2D eigenvalue weighted by atomic mass is 10.1. The molecule has 0 saturated carbocycles. The van der Waals surface area contributed by atoms with Gasteiger partial charge in [0.05, 0.1) is 41.7 Å². The number of aliphatic hydroxyl groups excluding tert-OH is 1. The molecule has 2 unspecified atom stereocenters. The number of H-pyrrole nitrogens is 1. The van der Waals surface area contributed by atoms with E-state index in [4.69, 9.17) is 14.5 Å². The third-order valence-electron chi connectivity index (χ3n) is 5.90. The number of aliphatic hydroxyl groups is 1. The monoisotopic (exact) mass is 453 g/mol. The number of halogens is 1. The van der Waals surface area contributed by atoms with Crippen molar-refractivity contribution in [2.75, 3.05) is 33.5 Å². The predicted octanol–water partition coefficient (Wildman–Crippen LogP) is 2.51. The second-order valence-corrected chi connectivity index (χ2v) is 7.96. The number of methoxy groups -OCH3 is 1. The molecule has 4 aromatic rings. The highest BCUT2D eigenvalue weighted by molar-refractivity contribution is 5.85. The van der Waals surface area contributed by atoms with E-state index >= 15 is 0 Å². The molecule has 172 valence electrons. The fourth-order valence-electron chi connectivity index (χ4n) is 4.38. The highest BCUT2D eigenvalue weighted by Gasteiger charge is 2.38. The molecule has 10 heteroatoms. The molecular weight excluding hydrogens is 429 g/mol. The van der Waals surface area contributed by atoms with Crippen molar-refractivity contribution in [1.82, 2.24) is 24.3 Å². The molecule has 0 aliphatic carbocycles. The number of benzene rings is 1. The molecule has 4 heterocycles. The number of hydrogen-bond acceptors (Lipinski definition) is 6. The van der Waals surface area contributed by atoms with E-state index in [1.807, 2.05) is 34.7 Å². The topological polar surface area (TPSA) is 105 Å². The van der Waals surface area contributed by atoms with Gasteiger partial charge in [-0.1, -0.05) is 0 Å². The van der Waals surface area contributed by atoms with E-state index in [1.54, 1.807) is 19.5 Å². The van der Waals surface area contributed by atoms with Crippen molar-refractivity contribution in [3.8, 4) is 17.0 Å². The lowest BCUT2D eigenvalue weighted by Gasteiger charge is -2.22. The van der Waals surface area contributed by atoms with Crippen LogP contribution in [0.1, 0.15) is 18.3 Å². The zero-order valence-electron chi connectivity index (χ0n) is 18.1. The number of β-amino-alcohol motifs (C(OH)–C–C–N with tert-alkyl or cyclic N) is 1. The van der Waals surface area contributed by atoms with Crippen LogP contribution in [0, 0.1) is 0 Å². The van der Waals surface area contributed by atoms with E-state index in [0.717, 1.165) is 16.6 Å². The first-order valence-corrected chi connectivity index (χ1v) is 10.7. The maximum Gasteiger partial charge on any atom is 0.254 e. The summed E-state index contributed by atoms with van der Waals surface area (Å²) in [6.45, 7) is -0.0979. The minimum absolute atomic E-state index is 0.0759. The molecule has 1 aliphatic rings. The van der Waals surface area contributed by atoms with Gasteiger partial charge in [-0.2, -0.15) is 0 Å². The van der Waals surface area contributed by atoms with E-state index in [0.29, 0.717) is 36.1 Å². The molecule has 1 amide bonds. The molecule has 2 atom stereocenters. The largest absolute Gasteiger partial charge is 0.491 e. The van der Waals surface area contributed by atoms with Crippen LogP contribution in [0.15, 0.2) is 42.7 Å². The molecular formula is C23H24FN5O4. The standard InChI is InChI=1S/C23H24FN5O4/c1-32-8-9-33-16-4-2-14(3-5-16)21-19-12-26-22-17(6-7-25-22)29(19)23(27-21)18-10-15(30)13-28(18)20(31)11-24/h2-7,12,15,18,25,30H,8-11,13H2,1H3. The fourth-order valence-corrected chi connectivity index (χ4v) is 4.38. The Balaban J connectivity index is 1.62. The van der Waals surface area contributed by atoms with E-state index in [9.17, 15) is 14.3 Å². The van der Waals surface area contributed by atoms with Gasteiger partial charge >= 0.3 is 0 Å². The normalized spacial score (nSPS) is 18.5. The highest BCUT2D eigenvalue weighted by Crippen LogP contribution is 2.37. The van der Waals surface area contributed by atoms with Crippen molar-refractivity contribution in [2.24, 2.45) is 0 Å². The van der Waals surface area contributed by atoms with Crippen molar-refractivity contribution in [3.63, 3.8) is 0 Å². The van der Waals surface area contributed by atoms with Crippen molar-refractivity contribution in [2.45, 2.75) is 18.6 Å². The van der Waals surface area contributed by atoms with Crippen LogP contribution < -0.4 is 4.74 Å². The summed E-state index contributed by atoms with van der Waals surface area (Å²) in [6.07, 6.45) is 3.04. The summed E-state index contributed by atoms with van der Waals surface area (Å²) < 4.78 is 25.8. The van der Waals surface area contributed by atoms with Crippen molar-refractivity contribution in [1.29, 1.82) is 0 Å². The first-order chi connectivity index (χ1) is 16.1. The van der Waals surface area contributed by atoms with Gasteiger partial charge in [0.25, 0.3) is 5.91 Å². The summed E-state index contributed by atoms with van der Waals surface area (Å²) in [7, 11) is 1.62. The van der Waals surface area contributed by atoms with E-state index < -0.39 is 24.7 Å². The molecule has 1 aliphatic heterocycles. The van der Waals surface area contributed by atoms with Crippen molar-refractivity contribution < 1.29 is 23.8 Å². The smallest absolute Gasteiger partial charge is 0.254 e. The molecule has 33 heavy (non-hydrogen) atoms. The van der Waals surface area contributed by atoms with Gasteiger partial charge in [0.2, 0.25) is 0 Å². The quantitative estimate of drug-likeness (QED) is 0.417. The summed E-state index contributed by atoms with van der Waals surface area (Å²) >= 11 is 0. The number of fused-ring (bicyclic) bond motifs is 3. The summed E-state index contributed by atoms with van der Waals surface area (Å²) in [5, 5.41) is 10.3. The second kappa shape index (κ2) is 8.80. The fraction of sp³-hybridized carbons (Fsp3) is 0.348. The molecule has 5 rings (SSSR count). The first-order valence-electron chi connectivity index (χ1n) is 10.7. The molecule has 9 nitrogen and oxygen atoms in total. The van der Waals surface area contributed by atoms with E-state index in [-0.39, 0.29) is 13.0 Å². The molecule has 0 radical (unpaired) electrons. The van der Waals surface area contributed by atoms with Crippen LogP contribution in [0.3, 0.4) is 0 Å². The number of aromatic nitrogens is 4. The van der Waals surface area contributed by atoms with Crippen molar-refractivity contribution in [3.05, 3.63) is 48.5 Å². The van der Waals surface area contributed by atoms with E-state index in [2.05, 4.69) is 9.97 Å². The summed E-state index contributed by atoms with van der Waals surface area (Å²) in [6, 6.07) is 8.85. The number of rotatable bonds is 7. The highest BCUT2D eigenvalue weighted by atomic mass is 19.1. The lowest BCUT2D eigenvalue weighted by molar-refractivity contribution is -0.133. The summed E-state index contributed by atoms with van der Waals surface area (Å²) in [5.41, 5.74) is 3.72. The number of hydrogen-bond donors (Lipinski definition) is 2. The zero-order chi connectivity index (χ0) is 22.9. The Morgan fingerprint density at radius 1 is 1.24 bits per heavy atom. The maximum atomic E-state index is 13.3. The van der Waals surface area contributed by atoms with Gasteiger partial charge < -0.3 is 24.5 Å². The molecule has 3 aromatic heterocycles. The van der Waals surface area contributed by atoms with Crippen LogP contribution in [0.4, 0.5) is 4.39 Å². The number of likely N-dealkylation sites (tertiary alicyclic amines) is 1. The number of nitrogens with zero attached hydrogens (tertiary/aromatic N) is 4. The van der Waals surface area contributed by atoms with Crippen LogP contribution in [0.2, 0.25) is 0 Å². The Bertz CT molecular complexity index is 1290. The van der Waals surface area contributed by atoms with E-state index in [1.165, 1.54) is 4.90 Å². The van der Waals surface area contributed by atoms with Gasteiger partial charge in [-0.25, -0.2) is 14.4 Å². The Labute approximate surface area is 188 Å². The van der Waals surface area contributed by atoms with Crippen LogP contribution >= 0.6 is 0 Å². The number of carbonyl (C=O) groups excluding carboxylic acids is 1. The number of nitrogens with one attached hydrogen (secondary N) is 1. The molecule has 0 spiro atoms. The summed E-state index contributed by atoms with van der Waals surface area (Å²) in [5.74, 6) is 0.613. The van der Waals surface area contributed by atoms with Crippen molar-refractivity contribution >= 4 is 22.6 Å². The van der Waals surface area contributed by atoms with Crippen LogP contribution in [-0.4, -0.2) is 74.9 Å². The Kier molecular flexibility index (Phi) is 5.69. The number of imidazole rings is 1. The number of aromatic amines is 1. The third-order valence-corrected chi connectivity index (χ3v) is 5.90. The number of amides is 1. The zero-order valence-corrected chi connectivity index (χ0v) is 18.1. The average Bonchev–Trinajstić information content (AvgIpc) is 3.55. The van der Waals surface area contributed by atoms with Gasteiger partial charge in [0.1, 0.15) is 18.2 Å². The number of ether oxygens (including phenoxy) is 2. The Morgan fingerprint density at radius 2 is 2.06 bits per heavy atom. The van der Waals surface area contributed by atoms with Crippen LogP contribution in [0.25, 0.3) is 27.9 Å². The Hall–Kier alpha value is -3.50. The summed E-state index contributed by atoms with van der Waals surface area (Å²) in [4.78, 5) is 26.1. The minimum Gasteiger partial charge on any atom is -0.491 e. The Morgan fingerprint density at radius 3 is 2.82 bits per heavy atom. The molecule has 1 saturated heterocycles. The van der Waals surface area contributed by atoms with Gasteiger partial charge in [0.15, 0.2) is 12.3 Å². The van der Waals surface area contributed by atoms with Gasteiger partial charge in [0, 0.05) is 31.8 Å². The SMILES string of the molecule is COCCOc1ccc(-c2nc(C3CC(O)CN3C(=O)CF)n3c2cnc2[nH]ccc23)cc1. The van der Waals surface area contributed by atoms with Gasteiger partial charge in [-0.3, -0.25) is 9.20 Å². The van der Waals surface area contributed by atoms with Gasteiger partial charge in [-0.15, -0.1) is 0 Å². The molecule has 2 N–H and O–H groups in total.